The van der Waals surface area contributed by atoms with Crippen molar-refractivity contribution in [1.82, 2.24) is 10.2 Å². The maximum atomic E-state index is 12.8. The van der Waals surface area contributed by atoms with Gasteiger partial charge in [0.15, 0.2) is 0 Å². The number of aromatic amines is 2. The van der Waals surface area contributed by atoms with Crippen molar-refractivity contribution in [2.24, 2.45) is 5.92 Å². The Morgan fingerprint density at radius 2 is 1.55 bits per heavy atom. The van der Waals surface area contributed by atoms with Gasteiger partial charge in [0.05, 0.1) is 22.5 Å². The van der Waals surface area contributed by atoms with E-state index in [2.05, 4.69) is 29.3 Å². The van der Waals surface area contributed by atoms with E-state index in [1.54, 1.807) is 18.2 Å². The molecule has 180 valence electrons. The Morgan fingerprint density at radius 1 is 0.879 bits per heavy atom. The summed E-state index contributed by atoms with van der Waals surface area (Å²) in [5.41, 5.74) is 0.894. The highest BCUT2D eigenvalue weighted by Crippen LogP contribution is 2.30. The average molecular weight is 454 g/mol. The van der Waals surface area contributed by atoms with Crippen LogP contribution in [0.15, 0.2) is 35.1 Å². The first-order valence-electron chi connectivity index (χ1n) is 12.8. The van der Waals surface area contributed by atoms with Crippen molar-refractivity contribution in [3.63, 3.8) is 0 Å². The highest BCUT2D eigenvalue weighted by molar-refractivity contribution is 6.21. The average Bonchev–Trinajstić information content (AvgIpc) is 3.32. The molecule has 2 amide bonds. The highest BCUT2D eigenvalue weighted by Gasteiger charge is 2.38. The van der Waals surface area contributed by atoms with Gasteiger partial charge in [0, 0.05) is 6.42 Å². The van der Waals surface area contributed by atoms with Crippen LogP contribution in [0.3, 0.4) is 0 Å². The number of unbranched alkanes of at least 4 members (excludes halogenated alkanes) is 11. The topological polar surface area (TPSA) is 86.0 Å². The Hall–Kier alpha value is -2.63. The molecule has 0 bridgehead atoms. The van der Waals surface area contributed by atoms with Crippen LogP contribution < -0.4 is 10.5 Å². The van der Waals surface area contributed by atoms with Crippen molar-refractivity contribution in [2.75, 3.05) is 4.90 Å². The zero-order valence-electron chi connectivity index (χ0n) is 20.0. The number of rotatable bonds is 15. The van der Waals surface area contributed by atoms with Gasteiger partial charge in [-0.25, -0.2) is 0 Å². The summed E-state index contributed by atoms with van der Waals surface area (Å²) in [6.45, 7) is 2.26. The molecule has 0 spiro atoms. The standard InChI is InChI=1S/C27H39N3O3/c1-2-3-4-5-6-7-8-9-10-11-12-13-14-15-16-21-19-25(31)30(27(21)33)22-17-18-23-24(20-22)28-29-26(23)32/h14-15,17-18,20-21H,2-13,16,19H2,1H3,(H2,28,29,32). The largest absolute Gasteiger partial charge is 0.297 e. The Labute approximate surface area is 196 Å². The molecule has 1 aliphatic heterocycles. The zero-order valence-corrected chi connectivity index (χ0v) is 20.0. The van der Waals surface area contributed by atoms with Gasteiger partial charge >= 0.3 is 0 Å². The van der Waals surface area contributed by atoms with E-state index in [4.69, 9.17) is 0 Å². The van der Waals surface area contributed by atoms with Crippen LogP contribution in [0.1, 0.15) is 96.8 Å². The molecule has 3 rings (SSSR count). The van der Waals surface area contributed by atoms with E-state index in [0.29, 0.717) is 23.0 Å². The first-order valence-corrected chi connectivity index (χ1v) is 12.8. The van der Waals surface area contributed by atoms with Crippen molar-refractivity contribution >= 4 is 28.4 Å². The van der Waals surface area contributed by atoms with Gasteiger partial charge in [-0.1, -0.05) is 83.3 Å². The lowest BCUT2D eigenvalue weighted by Crippen LogP contribution is -2.30. The Morgan fingerprint density at radius 3 is 2.24 bits per heavy atom. The number of fused-ring (bicyclic) bond motifs is 1. The Bertz CT molecular complexity index is 988. The highest BCUT2D eigenvalue weighted by atomic mass is 16.2. The fraction of sp³-hybridized carbons (Fsp3) is 0.593. The number of amides is 2. The number of H-pyrrole nitrogens is 2. The van der Waals surface area contributed by atoms with Crippen molar-refractivity contribution < 1.29 is 9.59 Å². The minimum Gasteiger partial charge on any atom is -0.297 e. The number of carbonyl (C=O) groups is 2. The lowest BCUT2D eigenvalue weighted by atomic mass is 10.0. The predicted octanol–water partition coefficient (Wildman–Crippen LogP) is 6.38. The maximum absolute atomic E-state index is 12.8. The number of allylic oxidation sites excluding steroid dienone is 2. The number of aromatic nitrogens is 2. The molecule has 2 N–H and O–H groups in total. The number of nitrogens with one attached hydrogen (secondary N) is 2. The molecule has 1 aliphatic rings. The normalized spacial score (nSPS) is 16.6. The summed E-state index contributed by atoms with van der Waals surface area (Å²) < 4.78 is 0. The maximum Gasteiger partial charge on any atom is 0.271 e. The molecule has 1 aromatic heterocycles. The fourth-order valence-corrected chi connectivity index (χ4v) is 4.62. The van der Waals surface area contributed by atoms with Gasteiger partial charge in [0.25, 0.3) is 5.56 Å². The minimum atomic E-state index is -0.299. The van der Waals surface area contributed by atoms with Crippen LogP contribution in [0.5, 0.6) is 0 Å². The van der Waals surface area contributed by atoms with Crippen molar-refractivity contribution in [3.8, 4) is 0 Å². The second kappa shape index (κ2) is 13.2. The van der Waals surface area contributed by atoms with Gasteiger partial charge in [0.2, 0.25) is 11.8 Å². The van der Waals surface area contributed by atoms with Crippen LogP contribution in [0.25, 0.3) is 10.9 Å². The molecule has 1 aromatic carbocycles. The van der Waals surface area contributed by atoms with Gasteiger partial charge in [-0.3, -0.25) is 29.5 Å². The second-order valence-electron chi connectivity index (χ2n) is 9.31. The zero-order chi connectivity index (χ0) is 23.5. The number of nitrogens with zero attached hydrogens (tertiary/aromatic N) is 1. The molecule has 1 unspecified atom stereocenters. The molecule has 6 heteroatoms. The second-order valence-corrected chi connectivity index (χ2v) is 9.31. The lowest BCUT2D eigenvalue weighted by molar-refractivity contribution is -0.122. The number of hydrogen-bond acceptors (Lipinski definition) is 3. The summed E-state index contributed by atoms with van der Waals surface area (Å²) in [5, 5.41) is 5.81. The molecule has 0 saturated carbocycles. The monoisotopic (exact) mass is 453 g/mol. The first kappa shape index (κ1) is 25.0. The van der Waals surface area contributed by atoms with E-state index < -0.39 is 0 Å². The molecule has 33 heavy (non-hydrogen) atoms. The van der Waals surface area contributed by atoms with Crippen LogP contribution in [-0.4, -0.2) is 22.0 Å². The molecule has 1 saturated heterocycles. The van der Waals surface area contributed by atoms with Gasteiger partial charge in [-0.05, 0) is 37.5 Å². The van der Waals surface area contributed by atoms with Crippen molar-refractivity contribution in [3.05, 3.63) is 40.7 Å². The summed E-state index contributed by atoms with van der Waals surface area (Å²) in [5.74, 6) is -0.635. The molecular weight excluding hydrogens is 414 g/mol. The number of anilines is 1. The van der Waals surface area contributed by atoms with E-state index >= 15 is 0 Å². The molecule has 2 heterocycles. The summed E-state index contributed by atoms with van der Waals surface area (Å²) in [6, 6.07) is 4.97. The van der Waals surface area contributed by atoms with Gasteiger partial charge in [-0.2, -0.15) is 0 Å². The molecule has 2 aromatic rings. The first-order chi connectivity index (χ1) is 16.1. The van der Waals surface area contributed by atoms with Crippen LogP contribution in [-0.2, 0) is 9.59 Å². The van der Waals surface area contributed by atoms with E-state index in [9.17, 15) is 14.4 Å². The summed E-state index contributed by atoms with van der Waals surface area (Å²) in [4.78, 5) is 38.2. The van der Waals surface area contributed by atoms with Gasteiger partial charge in [0.1, 0.15) is 0 Å². The SMILES string of the molecule is CCCCCCCCCCCCCC=CCC1CC(=O)N(c2ccc3c(=O)[nH][nH]c3c2)C1=O. The number of imide groups is 1. The fourth-order valence-electron chi connectivity index (χ4n) is 4.62. The Balaban J connectivity index is 1.31. The minimum absolute atomic E-state index is 0.156. The van der Waals surface area contributed by atoms with E-state index in [0.717, 1.165) is 6.42 Å². The number of hydrogen-bond donors (Lipinski definition) is 2. The third-order valence-electron chi connectivity index (χ3n) is 6.62. The van der Waals surface area contributed by atoms with Crippen molar-refractivity contribution in [1.29, 1.82) is 0 Å². The molecule has 0 radical (unpaired) electrons. The number of benzene rings is 1. The lowest BCUT2D eigenvalue weighted by Gasteiger charge is -2.14. The van der Waals surface area contributed by atoms with Crippen LogP contribution in [0.2, 0.25) is 0 Å². The third kappa shape index (κ3) is 7.18. The molecule has 1 fully saturated rings. The van der Waals surface area contributed by atoms with Gasteiger partial charge < -0.3 is 0 Å². The molecule has 6 nitrogen and oxygen atoms in total. The van der Waals surface area contributed by atoms with E-state index in [1.165, 1.54) is 75.5 Å². The smallest absolute Gasteiger partial charge is 0.271 e. The Kier molecular flexibility index (Phi) is 9.98. The molecule has 1 atom stereocenters. The van der Waals surface area contributed by atoms with E-state index in [-0.39, 0.29) is 29.7 Å². The van der Waals surface area contributed by atoms with E-state index in [1.807, 2.05) is 0 Å². The summed E-state index contributed by atoms with van der Waals surface area (Å²) >= 11 is 0. The predicted molar refractivity (Wildman–Crippen MR) is 134 cm³/mol. The third-order valence-corrected chi connectivity index (χ3v) is 6.62. The van der Waals surface area contributed by atoms with Crippen LogP contribution in [0, 0.1) is 5.92 Å². The summed E-state index contributed by atoms with van der Waals surface area (Å²) in [7, 11) is 0. The quantitative estimate of drug-likeness (QED) is 0.186. The molecule has 0 aliphatic carbocycles. The van der Waals surface area contributed by atoms with Crippen LogP contribution in [0.4, 0.5) is 5.69 Å². The van der Waals surface area contributed by atoms with Crippen LogP contribution >= 0.6 is 0 Å². The van der Waals surface area contributed by atoms with Gasteiger partial charge in [-0.15, -0.1) is 0 Å². The molecular formula is C27H39N3O3. The van der Waals surface area contributed by atoms with Crippen molar-refractivity contribution in [2.45, 2.75) is 96.8 Å². The number of carbonyl (C=O) groups excluding carboxylic acids is 2. The summed E-state index contributed by atoms with van der Waals surface area (Å²) in [6.07, 6.45) is 20.8.